The van der Waals surface area contributed by atoms with Crippen LogP contribution in [0.4, 0.5) is 0 Å². The molecule has 0 aliphatic carbocycles. The number of rotatable bonds is 10. The Morgan fingerprint density at radius 2 is 1.68 bits per heavy atom. The third-order valence-electron chi connectivity index (χ3n) is 3.69. The molecule has 0 unspecified atom stereocenters. The molecule has 0 aliphatic rings. The average molecular weight is 364 g/mol. The van der Waals surface area contributed by atoms with Crippen LogP contribution in [0.15, 0.2) is 48.5 Å². The van der Waals surface area contributed by atoms with E-state index in [1.54, 1.807) is 14.2 Å². The molecule has 0 spiro atoms. The van der Waals surface area contributed by atoms with Gasteiger partial charge in [-0.1, -0.05) is 42.5 Å². The summed E-state index contributed by atoms with van der Waals surface area (Å²) in [6.07, 6.45) is 0. The Kier molecular flexibility index (Phi) is 7.24. The molecule has 136 valence electrons. The van der Waals surface area contributed by atoms with Crippen LogP contribution in [-0.4, -0.2) is 34.9 Å². The molecule has 7 heteroatoms. The molecular weight excluding hydrogens is 340 g/mol. The third kappa shape index (κ3) is 6.04. The van der Waals surface area contributed by atoms with Crippen LogP contribution >= 0.6 is 0 Å². The van der Waals surface area contributed by atoms with Crippen molar-refractivity contribution in [3.8, 4) is 11.5 Å². The van der Waals surface area contributed by atoms with Gasteiger partial charge in [0.1, 0.15) is 0 Å². The molecule has 0 saturated carbocycles. The monoisotopic (exact) mass is 364 g/mol. The lowest BCUT2D eigenvalue weighted by atomic mass is 10.2. The Balaban J connectivity index is 1.80. The van der Waals surface area contributed by atoms with Crippen molar-refractivity contribution >= 4 is 10.0 Å². The minimum Gasteiger partial charge on any atom is -0.493 e. The minimum absolute atomic E-state index is 0.00607. The lowest BCUT2D eigenvalue weighted by Gasteiger charge is -2.13. The van der Waals surface area contributed by atoms with Gasteiger partial charge in [-0.2, -0.15) is 0 Å². The molecule has 0 saturated heterocycles. The minimum atomic E-state index is -3.33. The zero-order chi connectivity index (χ0) is 18.1. The van der Waals surface area contributed by atoms with E-state index in [-0.39, 0.29) is 5.75 Å². The highest BCUT2D eigenvalue weighted by Gasteiger charge is 2.11. The summed E-state index contributed by atoms with van der Waals surface area (Å²) in [5.41, 5.74) is 1.84. The number of benzene rings is 2. The largest absolute Gasteiger partial charge is 0.493 e. The van der Waals surface area contributed by atoms with E-state index in [1.807, 2.05) is 48.5 Å². The van der Waals surface area contributed by atoms with Crippen LogP contribution in [-0.2, 0) is 23.1 Å². The number of para-hydroxylation sites is 1. The van der Waals surface area contributed by atoms with Crippen molar-refractivity contribution < 1.29 is 17.9 Å². The summed E-state index contributed by atoms with van der Waals surface area (Å²) < 4.78 is 37.3. The lowest BCUT2D eigenvalue weighted by Crippen LogP contribution is -2.31. The highest BCUT2D eigenvalue weighted by Crippen LogP contribution is 2.30. The molecule has 0 radical (unpaired) electrons. The zero-order valence-corrected chi connectivity index (χ0v) is 15.3. The predicted molar refractivity (Wildman–Crippen MR) is 98.3 cm³/mol. The van der Waals surface area contributed by atoms with E-state index in [0.717, 1.165) is 11.1 Å². The summed E-state index contributed by atoms with van der Waals surface area (Å²) in [6.45, 7) is 1.13. The van der Waals surface area contributed by atoms with Crippen LogP contribution in [0.3, 0.4) is 0 Å². The van der Waals surface area contributed by atoms with E-state index in [4.69, 9.17) is 9.47 Å². The molecule has 0 heterocycles. The molecule has 6 nitrogen and oxygen atoms in total. The molecular formula is C18H24N2O4S. The van der Waals surface area contributed by atoms with Gasteiger partial charge in [0.2, 0.25) is 10.0 Å². The standard InChI is InChI=1S/C18H24N2O4S/c1-23-17-10-6-9-16(18(17)24-2)14-19-11-12-25(21,22)20-13-15-7-4-3-5-8-15/h3-10,19-20H,11-14H2,1-2H3. The first-order valence-electron chi connectivity index (χ1n) is 7.97. The van der Waals surface area contributed by atoms with Crippen molar-refractivity contribution in [1.82, 2.24) is 10.0 Å². The molecule has 0 aromatic heterocycles. The Hall–Kier alpha value is -2.09. The second-order valence-corrected chi connectivity index (χ2v) is 7.38. The quantitative estimate of drug-likeness (QED) is 0.630. The summed E-state index contributed by atoms with van der Waals surface area (Å²) >= 11 is 0. The number of nitrogens with one attached hydrogen (secondary N) is 2. The molecule has 0 amide bonds. The van der Waals surface area contributed by atoms with Crippen molar-refractivity contribution in [3.63, 3.8) is 0 Å². The summed E-state index contributed by atoms with van der Waals surface area (Å²) in [4.78, 5) is 0. The van der Waals surface area contributed by atoms with Crippen molar-refractivity contribution in [2.24, 2.45) is 0 Å². The Bertz CT molecular complexity index is 764. The molecule has 25 heavy (non-hydrogen) atoms. The van der Waals surface area contributed by atoms with Gasteiger partial charge >= 0.3 is 0 Å². The van der Waals surface area contributed by atoms with Gasteiger partial charge < -0.3 is 14.8 Å². The van der Waals surface area contributed by atoms with E-state index < -0.39 is 10.0 Å². The van der Waals surface area contributed by atoms with Gasteiger partial charge in [-0.15, -0.1) is 0 Å². The highest BCUT2D eigenvalue weighted by atomic mass is 32.2. The number of methoxy groups -OCH3 is 2. The first kappa shape index (κ1) is 19.2. The normalized spacial score (nSPS) is 11.3. The first-order chi connectivity index (χ1) is 12.1. The van der Waals surface area contributed by atoms with E-state index in [2.05, 4.69) is 10.0 Å². The fraction of sp³-hybridized carbons (Fsp3) is 0.333. The summed E-state index contributed by atoms with van der Waals surface area (Å²) in [7, 11) is -0.165. The Morgan fingerprint density at radius 3 is 2.36 bits per heavy atom. The fourth-order valence-corrected chi connectivity index (χ4v) is 3.33. The van der Waals surface area contributed by atoms with Crippen molar-refractivity contribution in [3.05, 3.63) is 59.7 Å². The molecule has 2 rings (SSSR count). The number of hydrogen-bond donors (Lipinski definition) is 2. The highest BCUT2D eigenvalue weighted by molar-refractivity contribution is 7.89. The van der Waals surface area contributed by atoms with Crippen molar-refractivity contribution in [2.75, 3.05) is 26.5 Å². The van der Waals surface area contributed by atoms with Crippen LogP contribution in [0.25, 0.3) is 0 Å². The summed E-state index contributed by atoms with van der Waals surface area (Å²) in [5.74, 6) is 1.31. The summed E-state index contributed by atoms with van der Waals surface area (Å²) in [5, 5.41) is 3.13. The fourth-order valence-electron chi connectivity index (χ4n) is 2.38. The second kappa shape index (κ2) is 9.41. The second-order valence-electron chi connectivity index (χ2n) is 5.46. The molecule has 2 aromatic rings. The van der Waals surface area contributed by atoms with Crippen LogP contribution in [0.2, 0.25) is 0 Å². The van der Waals surface area contributed by atoms with Gasteiger partial charge in [0.25, 0.3) is 0 Å². The summed E-state index contributed by atoms with van der Waals surface area (Å²) in [6, 6.07) is 15.0. The molecule has 0 fully saturated rings. The van der Waals surface area contributed by atoms with E-state index in [1.165, 1.54) is 0 Å². The van der Waals surface area contributed by atoms with E-state index >= 15 is 0 Å². The molecule has 0 aliphatic heterocycles. The SMILES string of the molecule is COc1cccc(CNCCS(=O)(=O)NCc2ccccc2)c1OC. The van der Waals surface area contributed by atoms with Gasteiger partial charge in [-0.25, -0.2) is 13.1 Å². The van der Waals surface area contributed by atoms with Crippen LogP contribution in [0.5, 0.6) is 11.5 Å². The van der Waals surface area contributed by atoms with E-state index in [0.29, 0.717) is 31.1 Å². The molecule has 0 atom stereocenters. The molecule has 0 bridgehead atoms. The first-order valence-corrected chi connectivity index (χ1v) is 9.63. The third-order valence-corrected chi connectivity index (χ3v) is 5.01. The Morgan fingerprint density at radius 1 is 0.920 bits per heavy atom. The maximum Gasteiger partial charge on any atom is 0.213 e. The number of ether oxygens (including phenoxy) is 2. The van der Waals surface area contributed by atoms with Gasteiger partial charge in [0.15, 0.2) is 11.5 Å². The van der Waals surface area contributed by atoms with Gasteiger partial charge in [-0.3, -0.25) is 0 Å². The van der Waals surface area contributed by atoms with Gasteiger partial charge in [-0.05, 0) is 11.6 Å². The maximum atomic E-state index is 12.0. The molecule has 2 aromatic carbocycles. The zero-order valence-electron chi connectivity index (χ0n) is 14.5. The lowest BCUT2D eigenvalue weighted by molar-refractivity contribution is 0.351. The van der Waals surface area contributed by atoms with Crippen molar-refractivity contribution in [2.45, 2.75) is 13.1 Å². The van der Waals surface area contributed by atoms with E-state index in [9.17, 15) is 8.42 Å². The topological polar surface area (TPSA) is 76.7 Å². The van der Waals surface area contributed by atoms with Crippen molar-refractivity contribution in [1.29, 1.82) is 0 Å². The van der Waals surface area contributed by atoms with Crippen LogP contribution in [0, 0.1) is 0 Å². The Labute approximate surface area is 149 Å². The van der Waals surface area contributed by atoms with Crippen LogP contribution in [0.1, 0.15) is 11.1 Å². The number of sulfonamides is 1. The number of hydrogen-bond acceptors (Lipinski definition) is 5. The maximum absolute atomic E-state index is 12.0. The van der Waals surface area contributed by atoms with Gasteiger partial charge in [0, 0.05) is 25.2 Å². The predicted octanol–water partition coefficient (Wildman–Crippen LogP) is 1.91. The van der Waals surface area contributed by atoms with Gasteiger partial charge in [0.05, 0.1) is 20.0 Å². The average Bonchev–Trinajstić information content (AvgIpc) is 2.64. The molecule has 2 N–H and O–H groups in total. The van der Waals surface area contributed by atoms with Crippen LogP contribution < -0.4 is 19.5 Å². The smallest absolute Gasteiger partial charge is 0.213 e.